The second-order valence-corrected chi connectivity index (χ2v) is 8.04. The van der Waals surface area contributed by atoms with Crippen LogP contribution in [0.15, 0.2) is 48.7 Å². The van der Waals surface area contributed by atoms with Crippen molar-refractivity contribution in [3.05, 3.63) is 59.8 Å². The second-order valence-electron chi connectivity index (χ2n) is 8.04. The van der Waals surface area contributed by atoms with E-state index in [9.17, 15) is 9.59 Å². The minimum absolute atomic E-state index is 0.00582. The van der Waals surface area contributed by atoms with Gasteiger partial charge in [-0.3, -0.25) is 4.79 Å². The second kappa shape index (κ2) is 12.0. The van der Waals surface area contributed by atoms with Crippen molar-refractivity contribution in [2.24, 2.45) is 0 Å². The SMILES string of the molecule is CCN1CCN(c2ccc(CNC(=O)NCCC(=O)N(C)Cc3ccccc3)cn2)CC1. The van der Waals surface area contributed by atoms with Crippen LogP contribution in [0, 0.1) is 0 Å². The number of urea groups is 1. The summed E-state index contributed by atoms with van der Waals surface area (Å²) < 4.78 is 0. The molecule has 1 aromatic carbocycles. The van der Waals surface area contributed by atoms with Gasteiger partial charge in [0.15, 0.2) is 0 Å². The van der Waals surface area contributed by atoms with Crippen molar-refractivity contribution >= 4 is 17.8 Å². The van der Waals surface area contributed by atoms with Gasteiger partial charge in [0, 0.05) is 65.5 Å². The highest BCUT2D eigenvalue weighted by atomic mass is 16.2. The molecule has 3 rings (SSSR count). The Kier molecular flexibility index (Phi) is 8.86. The number of piperazine rings is 1. The van der Waals surface area contributed by atoms with Gasteiger partial charge >= 0.3 is 6.03 Å². The number of carbonyl (C=O) groups is 2. The van der Waals surface area contributed by atoms with Gasteiger partial charge in [0.25, 0.3) is 0 Å². The fourth-order valence-electron chi connectivity index (χ4n) is 3.67. The average molecular weight is 439 g/mol. The summed E-state index contributed by atoms with van der Waals surface area (Å²) >= 11 is 0. The Morgan fingerprint density at radius 2 is 1.75 bits per heavy atom. The van der Waals surface area contributed by atoms with Gasteiger partial charge in [0.1, 0.15) is 5.82 Å². The molecule has 1 aliphatic rings. The summed E-state index contributed by atoms with van der Waals surface area (Å²) in [5.41, 5.74) is 2.02. The lowest BCUT2D eigenvalue weighted by atomic mass is 10.2. The molecule has 8 nitrogen and oxygen atoms in total. The molecule has 1 aromatic heterocycles. The highest BCUT2D eigenvalue weighted by molar-refractivity contribution is 5.78. The topological polar surface area (TPSA) is 80.8 Å². The predicted molar refractivity (Wildman–Crippen MR) is 126 cm³/mol. The van der Waals surface area contributed by atoms with Crippen LogP contribution in [0.3, 0.4) is 0 Å². The standard InChI is InChI=1S/C24H34N6O2/c1-3-29-13-15-30(16-14-29)22-10-9-21(17-26-22)18-27-24(32)25-12-11-23(31)28(2)19-20-7-5-4-6-8-20/h4-10,17H,3,11-16,18-19H2,1-2H3,(H2,25,27,32). The molecular formula is C24H34N6O2. The van der Waals surface area contributed by atoms with Crippen LogP contribution in [0.1, 0.15) is 24.5 Å². The van der Waals surface area contributed by atoms with E-state index in [1.807, 2.05) is 48.7 Å². The number of aromatic nitrogens is 1. The number of anilines is 1. The number of hydrogen-bond donors (Lipinski definition) is 2. The number of hydrogen-bond acceptors (Lipinski definition) is 5. The first kappa shape index (κ1) is 23.5. The summed E-state index contributed by atoms with van der Waals surface area (Å²) in [7, 11) is 1.77. The van der Waals surface area contributed by atoms with E-state index in [2.05, 4.69) is 32.3 Å². The lowest BCUT2D eigenvalue weighted by Gasteiger charge is -2.34. The van der Waals surface area contributed by atoms with Crippen molar-refractivity contribution in [2.45, 2.75) is 26.4 Å². The predicted octanol–water partition coefficient (Wildman–Crippen LogP) is 2.07. The van der Waals surface area contributed by atoms with Gasteiger partial charge in [-0.15, -0.1) is 0 Å². The maximum atomic E-state index is 12.2. The van der Waals surface area contributed by atoms with Crippen LogP contribution in [0.25, 0.3) is 0 Å². The van der Waals surface area contributed by atoms with E-state index in [4.69, 9.17) is 0 Å². The zero-order chi connectivity index (χ0) is 22.8. The lowest BCUT2D eigenvalue weighted by molar-refractivity contribution is -0.130. The molecule has 0 atom stereocenters. The Morgan fingerprint density at radius 3 is 2.41 bits per heavy atom. The van der Waals surface area contributed by atoms with Gasteiger partial charge in [-0.05, 0) is 23.7 Å². The summed E-state index contributed by atoms with van der Waals surface area (Å²) in [5, 5.41) is 5.56. The molecule has 2 heterocycles. The van der Waals surface area contributed by atoms with E-state index >= 15 is 0 Å². The molecule has 8 heteroatoms. The van der Waals surface area contributed by atoms with Crippen molar-refractivity contribution in [3.8, 4) is 0 Å². The summed E-state index contributed by atoms with van der Waals surface area (Å²) in [6, 6.07) is 13.6. The molecule has 1 fully saturated rings. The van der Waals surface area contributed by atoms with E-state index in [0.29, 0.717) is 19.6 Å². The van der Waals surface area contributed by atoms with E-state index in [1.165, 1.54) is 0 Å². The molecule has 0 aliphatic carbocycles. The molecule has 172 valence electrons. The van der Waals surface area contributed by atoms with E-state index < -0.39 is 0 Å². The Morgan fingerprint density at radius 1 is 1.00 bits per heavy atom. The van der Waals surface area contributed by atoms with E-state index in [0.717, 1.165) is 49.7 Å². The van der Waals surface area contributed by atoms with Crippen LogP contribution in [0.2, 0.25) is 0 Å². The van der Waals surface area contributed by atoms with Gasteiger partial charge in [0.2, 0.25) is 5.91 Å². The van der Waals surface area contributed by atoms with Crippen molar-refractivity contribution < 1.29 is 9.59 Å². The zero-order valence-corrected chi connectivity index (χ0v) is 19.1. The van der Waals surface area contributed by atoms with Crippen LogP contribution in [0.5, 0.6) is 0 Å². The molecule has 3 amide bonds. The average Bonchev–Trinajstić information content (AvgIpc) is 2.83. The van der Waals surface area contributed by atoms with Crippen molar-refractivity contribution in [2.75, 3.05) is 51.2 Å². The molecular weight excluding hydrogens is 404 g/mol. The lowest BCUT2D eigenvalue weighted by Crippen LogP contribution is -2.46. The number of rotatable bonds is 9. The number of pyridine rings is 1. The highest BCUT2D eigenvalue weighted by Crippen LogP contribution is 2.14. The number of nitrogens with one attached hydrogen (secondary N) is 2. The first-order valence-corrected chi connectivity index (χ1v) is 11.3. The fourth-order valence-corrected chi connectivity index (χ4v) is 3.67. The quantitative estimate of drug-likeness (QED) is 0.627. The summed E-state index contributed by atoms with van der Waals surface area (Å²) in [6.07, 6.45) is 2.07. The Bertz CT molecular complexity index is 851. The molecule has 2 N–H and O–H groups in total. The van der Waals surface area contributed by atoms with Gasteiger partial charge in [0.05, 0.1) is 0 Å². The van der Waals surface area contributed by atoms with Crippen LogP contribution in [-0.4, -0.2) is 73.0 Å². The van der Waals surface area contributed by atoms with Crippen molar-refractivity contribution in [3.63, 3.8) is 0 Å². The van der Waals surface area contributed by atoms with Gasteiger partial charge < -0.3 is 25.3 Å². The monoisotopic (exact) mass is 438 g/mol. The first-order valence-electron chi connectivity index (χ1n) is 11.3. The number of likely N-dealkylation sites (N-methyl/N-ethyl adjacent to an activating group) is 1. The minimum Gasteiger partial charge on any atom is -0.354 e. The molecule has 0 unspecified atom stereocenters. The van der Waals surface area contributed by atoms with Gasteiger partial charge in [-0.2, -0.15) is 0 Å². The number of nitrogens with zero attached hydrogens (tertiary/aromatic N) is 4. The highest BCUT2D eigenvalue weighted by Gasteiger charge is 2.16. The summed E-state index contributed by atoms with van der Waals surface area (Å²) in [4.78, 5) is 35.3. The Hall–Kier alpha value is -3.13. The van der Waals surface area contributed by atoms with Crippen molar-refractivity contribution in [1.82, 2.24) is 25.4 Å². The zero-order valence-electron chi connectivity index (χ0n) is 19.1. The first-order chi connectivity index (χ1) is 15.5. The molecule has 1 saturated heterocycles. The molecule has 2 aromatic rings. The van der Waals surface area contributed by atoms with E-state index in [1.54, 1.807) is 11.9 Å². The third-order valence-corrected chi connectivity index (χ3v) is 5.72. The van der Waals surface area contributed by atoms with Gasteiger partial charge in [-0.1, -0.05) is 43.3 Å². The largest absolute Gasteiger partial charge is 0.354 e. The van der Waals surface area contributed by atoms with Crippen LogP contribution < -0.4 is 15.5 Å². The van der Waals surface area contributed by atoms with Gasteiger partial charge in [-0.25, -0.2) is 9.78 Å². The third kappa shape index (κ3) is 7.23. The van der Waals surface area contributed by atoms with E-state index in [-0.39, 0.29) is 18.4 Å². The fraction of sp³-hybridized carbons (Fsp3) is 0.458. The maximum Gasteiger partial charge on any atom is 0.315 e. The molecule has 0 saturated carbocycles. The molecule has 32 heavy (non-hydrogen) atoms. The summed E-state index contributed by atoms with van der Waals surface area (Å²) in [6.45, 7) is 8.62. The Balaban J connectivity index is 1.33. The molecule has 0 radical (unpaired) electrons. The number of amides is 3. The number of benzene rings is 1. The van der Waals surface area contributed by atoms with Crippen LogP contribution >= 0.6 is 0 Å². The van der Waals surface area contributed by atoms with Crippen molar-refractivity contribution in [1.29, 1.82) is 0 Å². The molecule has 0 bridgehead atoms. The van der Waals surface area contributed by atoms with Crippen LogP contribution in [-0.2, 0) is 17.9 Å². The molecule has 1 aliphatic heterocycles. The van der Waals surface area contributed by atoms with Crippen LogP contribution in [0.4, 0.5) is 10.6 Å². The minimum atomic E-state index is -0.289. The smallest absolute Gasteiger partial charge is 0.315 e. The normalized spacial score (nSPS) is 14.1. The third-order valence-electron chi connectivity index (χ3n) is 5.72. The Labute approximate surface area is 190 Å². The maximum absolute atomic E-state index is 12.2. The number of carbonyl (C=O) groups excluding carboxylic acids is 2. The molecule has 0 spiro atoms. The summed E-state index contributed by atoms with van der Waals surface area (Å²) in [5.74, 6) is 0.973.